The first-order chi connectivity index (χ1) is 16.9. The van der Waals surface area contributed by atoms with Crippen molar-refractivity contribution in [1.82, 2.24) is 4.72 Å². The zero-order valence-corrected chi connectivity index (χ0v) is 22.3. The van der Waals surface area contributed by atoms with Crippen LogP contribution in [0.25, 0.3) is 0 Å². The molecule has 36 heavy (non-hydrogen) atoms. The third kappa shape index (κ3) is 3.41. The van der Waals surface area contributed by atoms with Gasteiger partial charge in [0.05, 0.1) is 12.5 Å². The van der Waals surface area contributed by atoms with Gasteiger partial charge in [-0.2, -0.15) is 0 Å². The number of hydrogen-bond donors (Lipinski definition) is 1. The molecule has 4 saturated carbocycles. The number of epoxide rings is 1. The molecule has 5 fully saturated rings. The minimum atomic E-state index is -3.22. The van der Waals surface area contributed by atoms with Gasteiger partial charge in [-0.25, -0.2) is 17.9 Å². The molecule has 5 aliphatic rings. The number of ether oxygens (including phenoxy) is 2. The van der Waals surface area contributed by atoms with Crippen molar-refractivity contribution in [3.63, 3.8) is 0 Å². The normalized spacial score (nSPS) is 47.2. The predicted molar refractivity (Wildman–Crippen MR) is 132 cm³/mol. The van der Waals surface area contributed by atoms with Crippen molar-refractivity contribution in [2.45, 2.75) is 95.5 Å². The lowest BCUT2D eigenvalue weighted by Crippen LogP contribution is -2.59. The highest BCUT2D eigenvalue weighted by molar-refractivity contribution is 7.88. The van der Waals surface area contributed by atoms with Gasteiger partial charge in [0.2, 0.25) is 10.0 Å². The molecule has 0 amide bonds. The molecule has 1 N–H and O–H groups in total. The second-order valence-electron chi connectivity index (χ2n) is 12.6. The number of rotatable bonds is 4. The molecule has 1 aliphatic heterocycles. The van der Waals surface area contributed by atoms with E-state index in [1.165, 1.54) is 25.5 Å². The van der Waals surface area contributed by atoms with Crippen LogP contribution in [0.2, 0.25) is 0 Å². The van der Waals surface area contributed by atoms with Crippen LogP contribution in [-0.2, 0) is 24.3 Å². The average Bonchev–Trinajstić information content (AvgIpc) is 3.49. The summed E-state index contributed by atoms with van der Waals surface area (Å²) < 4.78 is 44.4. The highest BCUT2D eigenvalue weighted by Gasteiger charge is 2.84. The van der Waals surface area contributed by atoms with Crippen LogP contribution in [0.1, 0.15) is 77.2 Å². The zero-order valence-electron chi connectivity index (χ0n) is 21.5. The predicted octanol–water partition coefficient (Wildman–Crippen LogP) is 3.36. The summed E-state index contributed by atoms with van der Waals surface area (Å²) in [7, 11) is -3.22. The van der Waals surface area contributed by atoms with E-state index in [4.69, 9.17) is 13.9 Å². The topological polar surface area (TPSA) is 115 Å². The van der Waals surface area contributed by atoms with E-state index in [1.807, 2.05) is 6.07 Å². The number of carbonyl (C=O) groups is 1. The fraction of sp³-hybridized carbons (Fsp3) is 0.778. The highest BCUT2D eigenvalue weighted by atomic mass is 32.2. The van der Waals surface area contributed by atoms with Crippen molar-refractivity contribution < 1.29 is 27.1 Å². The summed E-state index contributed by atoms with van der Waals surface area (Å²) in [5, 5.41) is 0. The van der Waals surface area contributed by atoms with Crippen molar-refractivity contribution in [3.05, 3.63) is 34.4 Å². The Labute approximate surface area is 212 Å². The Hall–Kier alpha value is -1.71. The maximum atomic E-state index is 12.2. The number of hydrogen-bond acceptors (Lipinski definition) is 7. The Morgan fingerprint density at radius 2 is 1.89 bits per heavy atom. The van der Waals surface area contributed by atoms with Crippen LogP contribution in [0.3, 0.4) is 0 Å². The summed E-state index contributed by atoms with van der Waals surface area (Å²) in [6.07, 6.45) is 9.08. The lowest BCUT2D eigenvalue weighted by atomic mass is 9.44. The van der Waals surface area contributed by atoms with Crippen LogP contribution in [0.5, 0.6) is 0 Å². The van der Waals surface area contributed by atoms with Crippen LogP contribution >= 0.6 is 0 Å². The van der Waals surface area contributed by atoms with E-state index in [0.717, 1.165) is 50.5 Å². The van der Waals surface area contributed by atoms with E-state index < -0.39 is 21.8 Å². The number of carbonyl (C=O) groups excluding carboxylic acids is 1. The van der Waals surface area contributed by atoms with Crippen LogP contribution in [0.15, 0.2) is 27.6 Å². The molecular formula is C27H37NO7S. The van der Waals surface area contributed by atoms with E-state index in [-0.39, 0.29) is 40.5 Å². The van der Waals surface area contributed by atoms with Crippen molar-refractivity contribution in [2.24, 2.45) is 28.6 Å². The summed E-state index contributed by atoms with van der Waals surface area (Å²) in [4.78, 5) is 23.8. The van der Waals surface area contributed by atoms with Crippen molar-refractivity contribution >= 4 is 16.0 Å². The maximum Gasteiger partial charge on any atom is 0.335 e. The third-order valence-electron chi connectivity index (χ3n) is 10.9. The first-order valence-electron chi connectivity index (χ1n) is 13.3. The molecule has 2 heterocycles. The van der Waals surface area contributed by atoms with Crippen LogP contribution in [0.4, 0.5) is 0 Å². The van der Waals surface area contributed by atoms with Gasteiger partial charge in [0, 0.05) is 30.4 Å². The van der Waals surface area contributed by atoms with E-state index in [9.17, 15) is 18.0 Å². The minimum absolute atomic E-state index is 0.0171. The molecule has 0 radical (unpaired) electrons. The summed E-state index contributed by atoms with van der Waals surface area (Å²) >= 11 is 0. The fourth-order valence-electron chi connectivity index (χ4n) is 9.53. The van der Waals surface area contributed by atoms with E-state index in [0.29, 0.717) is 17.8 Å². The molecule has 6 rings (SSSR count). The zero-order chi connectivity index (χ0) is 25.7. The molecule has 0 unspecified atom stereocenters. The van der Waals surface area contributed by atoms with Gasteiger partial charge >= 0.3 is 11.6 Å². The Morgan fingerprint density at radius 3 is 2.56 bits per heavy atom. The first kappa shape index (κ1) is 24.6. The maximum absolute atomic E-state index is 12.2. The Kier molecular flexibility index (Phi) is 5.40. The van der Waals surface area contributed by atoms with Gasteiger partial charge < -0.3 is 13.9 Å². The summed E-state index contributed by atoms with van der Waals surface area (Å²) in [5.41, 5.74) is 0.0472. The average molecular weight is 520 g/mol. The van der Waals surface area contributed by atoms with Gasteiger partial charge in [0.15, 0.2) is 0 Å². The van der Waals surface area contributed by atoms with E-state index >= 15 is 0 Å². The molecule has 1 aromatic rings. The summed E-state index contributed by atoms with van der Waals surface area (Å²) in [5.74, 6) is 0.916. The molecular weight excluding hydrogens is 482 g/mol. The summed E-state index contributed by atoms with van der Waals surface area (Å²) in [6, 6.07) is 3.28. The summed E-state index contributed by atoms with van der Waals surface area (Å²) in [6.45, 7) is 6.15. The van der Waals surface area contributed by atoms with Crippen molar-refractivity contribution in [3.8, 4) is 0 Å². The van der Waals surface area contributed by atoms with Crippen LogP contribution < -0.4 is 10.3 Å². The largest absolute Gasteiger partial charge is 0.459 e. The number of nitrogens with one attached hydrogen (secondary N) is 1. The van der Waals surface area contributed by atoms with Crippen molar-refractivity contribution in [1.29, 1.82) is 0 Å². The first-order valence-corrected chi connectivity index (χ1v) is 15.2. The fourth-order valence-corrected chi connectivity index (χ4v) is 10.4. The van der Waals surface area contributed by atoms with Crippen LogP contribution in [-0.4, -0.2) is 44.5 Å². The number of fused-ring (bicyclic) bond motifs is 3. The number of sulfonamides is 1. The lowest BCUT2D eigenvalue weighted by Gasteiger charge is -2.61. The molecule has 8 nitrogen and oxygen atoms in total. The molecule has 0 aromatic carbocycles. The Bertz CT molecular complexity index is 1220. The Morgan fingerprint density at radius 1 is 1.11 bits per heavy atom. The van der Waals surface area contributed by atoms with E-state index in [1.54, 1.807) is 0 Å². The van der Waals surface area contributed by atoms with Gasteiger partial charge in [-0.3, -0.25) is 4.79 Å². The number of esters is 1. The molecule has 9 heteroatoms. The third-order valence-corrected chi connectivity index (χ3v) is 11.6. The van der Waals surface area contributed by atoms with Crippen LogP contribution in [0, 0.1) is 28.6 Å². The SMILES string of the molecule is CC(=O)O[C@H]1[C@H]2O[C@]23[C@@H]2CC[C@@H]4C[C@@H](NS(C)(=O)=O)CC[C@]4(C)[C@H]2CC[C@]3(C)[C@H]1c1ccc(=O)oc1. The molecule has 1 spiro atoms. The van der Waals surface area contributed by atoms with Gasteiger partial charge in [0.25, 0.3) is 0 Å². The van der Waals surface area contributed by atoms with Gasteiger partial charge in [-0.05, 0) is 79.7 Å². The molecule has 10 atom stereocenters. The highest BCUT2D eigenvalue weighted by Crippen LogP contribution is 2.78. The minimum Gasteiger partial charge on any atom is -0.459 e. The monoisotopic (exact) mass is 519 g/mol. The molecule has 198 valence electrons. The molecule has 4 aliphatic carbocycles. The molecule has 0 bridgehead atoms. The van der Waals surface area contributed by atoms with Crippen molar-refractivity contribution in [2.75, 3.05) is 6.26 Å². The lowest BCUT2D eigenvalue weighted by molar-refractivity contribution is -0.156. The second-order valence-corrected chi connectivity index (χ2v) is 14.4. The smallest absolute Gasteiger partial charge is 0.335 e. The Balaban J connectivity index is 1.33. The second kappa shape index (κ2) is 7.90. The van der Waals surface area contributed by atoms with Gasteiger partial charge in [-0.15, -0.1) is 0 Å². The van der Waals surface area contributed by atoms with Gasteiger partial charge in [0.1, 0.15) is 17.8 Å². The van der Waals surface area contributed by atoms with Gasteiger partial charge in [-0.1, -0.05) is 13.8 Å². The standard InChI is InChI=1S/C27H37NO7S/c1-15(29)34-23-22(16-5-8-21(30)33-14-16)26(3)12-10-19-20(27(26)24(23)35-27)7-6-17-13-18(28-36(4,31)32)9-11-25(17,19)2/h5,8,14,17-20,22-24,28H,6-7,9-13H2,1-4H3/t17-,18+,19+,20-,22+,23-,24-,25+,26-,27-/m1/s1. The van der Waals surface area contributed by atoms with E-state index in [2.05, 4.69) is 18.6 Å². The quantitative estimate of drug-likeness (QED) is 0.479. The molecule has 1 aromatic heterocycles. The molecule has 1 saturated heterocycles.